The average molecular weight is 414 g/mol. The fourth-order valence-corrected chi connectivity index (χ4v) is 5.10. The number of nitro benzene ring substituents is 1. The largest absolute Gasteiger partial charge is 0.379 e. The van der Waals surface area contributed by atoms with Gasteiger partial charge in [-0.3, -0.25) is 19.9 Å². The monoisotopic (exact) mass is 414 g/mol. The molecule has 1 aromatic rings. The van der Waals surface area contributed by atoms with Crippen LogP contribution in [-0.2, 0) is 19.6 Å². The van der Waals surface area contributed by atoms with E-state index in [4.69, 9.17) is 9.57 Å². The Labute approximate surface area is 164 Å². The van der Waals surface area contributed by atoms with Crippen LogP contribution in [0.1, 0.15) is 18.0 Å². The summed E-state index contributed by atoms with van der Waals surface area (Å²) in [6.07, 6.45) is 0.699. The van der Waals surface area contributed by atoms with Gasteiger partial charge in [0.2, 0.25) is 10.0 Å². The highest BCUT2D eigenvalue weighted by Gasteiger charge is 2.43. The molecule has 0 spiro atoms. The van der Waals surface area contributed by atoms with Gasteiger partial charge in [-0.2, -0.15) is 5.06 Å². The van der Waals surface area contributed by atoms with Crippen molar-refractivity contribution in [1.82, 2.24) is 14.7 Å². The number of nitro groups is 1. The predicted octanol–water partition coefficient (Wildman–Crippen LogP) is 0.523. The molecule has 2 atom stereocenters. The van der Waals surface area contributed by atoms with Crippen molar-refractivity contribution in [3.05, 3.63) is 39.9 Å². The Kier molecular flexibility index (Phi) is 6.96. The van der Waals surface area contributed by atoms with Crippen LogP contribution in [0.15, 0.2) is 24.3 Å². The molecule has 10 nitrogen and oxygen atoms in total. The molecule has 0 amide bonds. The Balaban J connectivity index is 1.62. The summed E-state index contributed by atoms with van der Waals surface area (Å²) in [5.41, 5.74) is 0.463. The lowest BCUT2D eigenvalue weighted by Crippen LogP contribution is -2.41. The molecule has 0 saturated carbocycles. The topological polar surface area (TPSA) is 114 Å². The van der Waals surface area contributed by atoms with Gasteiger partial charge < -0.3 is 4.74 Å². The number of sulfonamides is 1. The first-order valence-corrected chi connectivity index (χ1v) is 10.8. The molecule has 11 heteroatoms. The van der Waals surface area contributed by atoms with E-state index in [0.717, 1.165) is 19.6 Å². The van der Waals surface area contributed by atoms with Gasteiger partial charge in [0.1, 0.15) is 5.25 Å². The van der Waals surface area contributed by atoms with E-state index in [-0.39, 0.29) is 12.3 Å². The van der Waals surface area contributed by atoms with E-state index in [1.807, 2.05) is 0 Å². The molecule has 2 saturated heterocycles. The van der Waals surface area contributed by atoms with Gasteiger partial charge >= 0.3 is 0 Å². The van der Waals surface area contributed by atoms with Crippen molar-refractivity contribution in [3.63, 3.8) is 0 Å². The summed E-state index contributed by atoms with van der Waals surface area (Å²) in [7, 11) is -2.02. The highest BCUT2D eigenvalue weighted by Crippen LogP contribution is 2.34. The van der Waals surface area contributed by atoms with Crippen molar-refractivity contribution >= 4 is 15.7 Å². The third kappa shape index (κ3) is 5.04. The van der Waals surface area contributed by atoms with Gasteiger partial charge in [0.25, 0.3) is 5.69 Å². The standard InChI is InChI=1S/C17H26N4O6S/c1-19-17(14-4-2-5-15(12-14)21(22)23)16(13-27-19)28(24,25)18-6-3-7-20-8-10-26-11-9-20/h2,4-5,12,16-18H,3,6-11,13H2,1H3. The summed E-state index contributed by atoms with van der Waals surface area (Å²) in [6, 6.07) is 5.41. The Morgan fingerprint density at radius 3 is 2.79 bits per heavy atom. The van der Waals surface area contributed by atoms with E-state index in [0.29, 0.717) is 31.7 Å². The van der Waals surface area contributed by atoms with Crippen molar-refractivity contribution in [1.29, 1.82) is 0 Å². The third-order valence-electron chi connectivity index (χ3n) is 5.07. The van der Waals surface area contributed by atoms with E-state index < -0.39 is 26.2 Å². The highest BCUT2D eigenvalue weighted by molar-refractivity contribution is 7.90. The van der Waals surface area contributed by atoms with Crippen molar-refractivity contribution < 1.29 is 22.9 Å². The quantitative estimate of drug-likeness (QED) is 0.372. The molecular formula is C17H26N4O6S. The second-order valence-electron chi connectivity index (χ2n) is 6.92. The molecule has 0 radical (unpaired) electrons. The summed E-state index contributed by atoms with van der Waals surface area (Å²) in [5, 5.41) is 11.7. The summed E-state index contributed by atoms with van der Waals surface area (Å²) in [5.74, 6) is 0. The lowest BCUT2D eigenvalue weighted by Gasteiger charge is -2.26. The Bertz CT molecular complexity index is 784. The lowest BCUT2D eigenvalue weighted by atomic mass is 10.0. The van der Waals surface area contributed by atoms with Crippen molar-refractivity contribution in [2.45, 2.75) is 17.7 Å². The maximum absolute atomic E-state index is 12.8. The first kappa shape index (κ1) is 21.1. The van der Waals surface area contributed by atoms with E-state index in [1.54, 1.807) is 19.2 Å². The minimum absolute atomic E-state index is 0.00263. The van der Waals surface area contributed by atoms with Crippen LogP contribution in [0.5, 0.6) is 0 Å². The van der Waals surface area contributed by atoms with Gasteiger partial charge in [-0.05, 0) is 18.5 Å². The van der Waals surface area contributed by atoms with Crippen molar-refractivity contribution in [2.75, 3.05) is 53.0 Å². The molecule has 1 N–H and O–H groups in total. The zero-order valence-electron chi connectivity index (χ0n) is 15.8. The van der Waals surface area contributed by atoms with Crippen molar-refractivity contribution in [3.8, 4) is 0 Å². The molecule has 2 aliphatic rings. The first-order valence-electron chi connectivity index (χ1n) is 9.27. The van der Waals surface area contributed by atoms with Crippen LogP contribution in [0.3, 0.4) is 0 Å². The predicted molar refractivity (Wildman–Crippen MR) is 102 cm³/mol. The Morgan fingerprint density at radius 2 is 2.07 bits per heavy atom. The lowest BCUT2D eigenvalue weighted by molar-refractivity contribution is -0.385. The number of hydrogen-bond acceptors (Lipinski definition) is 8. The van der Waals surface area contributed by atoms with Crippen LogP contribution in [-0.4, -0.2) is 81.6 Å². The van der Waals surface area contributed by atoms with Gasteiger partial charge in [-0.1, -0.05) is 12.1 Å². The number of hydrogen-bond donors (Lipinski definition) is 1. The number of benzene rings is 1. The molecule has 28 heavy (non-hydrogen) atoms. The maximum Gasteiger partial charge on any atom is 0.269 e. The van der Waals surface area contributed by atoms with E-state index in [1.165, 1.54) is 17.2 Å². The Hall–Kier alpha value is -1.63. The van der Waals surface area contributed by atoms with Crippen LogP contribution >= 0.6 is 0 Å². The SMILES string of the molecule is CN1OCC(S(=O)(=O)NCCCN2CCOCC2)C1c1cccc([N+](=O)[O-])c1. The van der Waals surface area contributed by atoms with Gasteiger partial charge in [-0.25, -0.2) is 13.1 Å². The number of rotatable bonds is 8. The molecule has 156 valence electrons. The van der Waals surface area contributed by atoms with Crippen LogP contribution in [0, 0.1) is 10.1 Å². The van der Waals surface area contributed by atoms with Gasteiger partial charge in [0, 0.05) is 38.8 Å². The van der Waals surface area contributed by atoms with E-state index in [2.05, 4.69) is 9.62 Å². The molecule has 2 fully saturated rings. The van der Waals surface area contributed by atoms with Gasteiger partial charge in [0.15, 0.2) is 0 Å². The molecule has 1 aromatic carbocycles. The average Bonchev–Trinajstić information content (AvgIpc) is 3.08. The van der Waals surface area contributed by atoms with E-state index in [9.17, 15) is 18.5 Å². The number of hydroxylamine groups is 2. The van der Waals surface area contributed by atoms with E-state index >= 15 is 0 Å². The zero-order valence-corrected chi connectivity index (χ0v) is 16.6. The van der Waals surface area contributed by atoms with Crippen LogP contribution in [0.25, 0.3) is 0 Å². The molecule has 2 unspecified atom stereocenters. The van der Waals surface area contributed by atoms with Crippen LogP contribution in [0.4, 0.5) is 5.69 Å². The third-order valence-corrected chi connectivity index (χ3v) is 6.86. The van der Waals surface area contributed by atoms with Gasteiger partial charge in [0.05, 0.1) is 30.8 Å². The first-order chi connectivity index (χ1) is 13.4. The molecule has 0 aliphatic carbocycles. The summed E-state index contributed by atoms with van der Waals surface area (Å²) < 4.78 is 33.7. The number of ether oxygens (including phenoxy) is 1. The fourth-order valence-electron chi connectivity index (χ4n) is 3.55. The number of non-ortho nitro benzene ring substituents is 1. The number of nitrogens with zero attached hydrogens (tertiary/aromatic N) is 3. The number of nitrogens with one attached hydrogen (secondary N) is 1. The number of morpholine rings is 1. The smallest absolute Gasteiger partial charge is 0.269 e. The molecular weight excluding hydrogens is 388 g/mol. The van der Waals surface area contributed by atoms with Crippen LogP contribution in [0.2, 0.25) is 0 Å². The zero-order chi connectivity index (χ0) is 20.1. The normalized spacial score (nSPS) is 24.5. The molecule has 0 aromatic heterocycles. The Morgan fingerprint density at radius 1 is 1.32 bits per heavy atom. The van der Waals surface area contributed by atoms with Crippen LogP contribution < -0.4 is 4.72 Å². The van der Waals surface area contributed by atoms with Crippen molar-refractivity contribution in [2.24, 2.45) is 0 Å². The molecule has 3 rings (SSSR count). The minimum atomic E-state index is -3.66. The molecule has 2 heterocycles. The maximum atomic E-state index is 12.8. The second-order valence-corrected chi connectivity index (χ2v) is 8.91. The van der Waals surface area contributed by atoms with Gasteiger partial charge in [-0.15, -0.1) is 0 Å². The summed E-state index contributed by atoms with van der Waals surface area (Å²) in [4.78, 5) is 18.2. The highest BCUT2D eigenvalue weighted by atomic mass is 32.2. The molecule has 0 bridgehead atoms. The minimum Gasteiger partial charge on any atom is -0.379 e. The second kappa shape index (κ2) is 9.25. The molecule has 2 aliphatic heterocycles. The fraction of sp³-hybridized carbons (Fsp3) is 0.647. The summed E-state index contributed by atoms with van der Waals surface area (Å²) in [6.45, 7) is 4.29. The summed E-state index contributed by atoms with van der Waals surface area (Å²) >= 11 is 0.